The molecule has 1 aromatic heterocycles. The number of hydrogen-bond donors (Lipinski definition) is 1. The second-order valence-electron chi connectivity index (χ2n) is 3.70. The first-order chi connectivity index (χ1) is 8.60. The predicted octanol–water partition coefficient (Wildman–Crippen LogP) is 2.29. The third-order valence-electron chi connectivity index (χ3n) is 2.44. The number of aromatic nitrogens is 2. The molecule has 0 aliphatic heterocycles. The van der Waals surface area contributed by atoms with E-state index in [-0.39, 0.29) is 5.56 Å². The highest BCUT2D eigenvalue weighted by Crippen LogP contribution is 2.25. The summed E-state index contributed by atoms with van der Waals surface area (Å²) in [5.74, 6) is -0.388. The Morgan fingerprint density at radius 3 is 2.89 bits per heavy atom. The SMILES string of the molecule is COc1ccc(Cn2cc(C(=O)O)cn2)cc1Cl. The maximum absolute atomic E-state index is 10.7. The van der Waals surface area contributed by atoms with E-state index in [1.165, 1.54) is 12.4 Å². The maximum atomic E-state index is 10.7. The number of methoxy groups -OCH3 is 1. The van der Waals surface area contributed by atoms with E-state index in [9.17, 15) is 4.79 Å². The zero-order chi connectivity index (χ0) is 13.1. The molecule has 0 spiro atoms. The molecular weight excluding hydrogens is 256 g/mol. The minimum atomic E-state index is -0.992. The Labute approximate surface area is 109 Å². The molecule has 1 aromatic carbocycles. The Bertz CT molecular complexity index is 580. The molecule has 5 nitrogen and oxygen atoms in total. The third-order valence-corrected chi connectivity index (χ3v) is 2.74. The fraction of sp³-hybridized carbons (Fsp3) is 0.167. The first-order valence-electron chi connectivity index (χ1n) is 5.18. The van der Waals surface area contributed by atoms with Gasteiger partial charge in [-0.1, -0.05) is 17.7 Å². The summed E-state index contributed by atoms with van der Waals surface area (Å²) in [7, 11) is 1.55. The van der Waals surface area contributed by atoms with E-state index >= 15 is 0 Å². The summed E-state index contributed by atoms with van der Waals surface area (Å²) in [5.41, 5.74) is 1.08. The number of ether oxygens (including phenoxy) is 1. The molecule has 0 saturated carbocycles. The van der Waals surface area contributed by atoms with Gasteiger partial charge in [0.1, 0.15) is 5.75 Å². The quantitative estimate of drug-likeness (QED) is 0.922. The van der Waals surface area contributed by atoms with Gasteiger partial charge in [0.15, 0.2) is 0 Å². The van der Waals surface area contributed by atoms with Crippen molar-refractivity contribution in [3.63, 3.8) is 0 Å². The molecule has 0 fully saturated rings. The van der Waals surface area contributed by atoms with Crippen LogP contribution >= 0.6 is 11.6 Å². The zero-order valence-electron chi connectivity index (χ0n) is 9.63. The molecule has 2 rings (SSSR count). The van der Waals surface area contributed by atoms with Gasteiger partial charge in [-0.2, -0.15) is 5.10 Å². The molecule has 1 N–H and O–H groups in total. The molecule has 0 bridgehead atoms. The second kappa shape index (κ2) is 5.10. The summed E-state index contributed by atoms with van der Waals surface area (Å²) in [6, 6.07) is 5.38. The number of benzene rings is 1. The highest BCUT2D eigenvalue weighted by Gasteiger charge is 2.07. The summed E-state index contributed by atoms with van der Waals surface area (Å²) >= 11 is 6.00. The average molecular weight is 267 g/mol. The van der Waals surface area contributed by atoms with Crippen LogP contribution in [0.2, 0.25) is 5.02 Å². The molecule has 94 valence electrons. The van der Waals surface area contributed by atoms with E-state index in [4.69, 9.17) is 21.4 Å². The summed E-state index contributed by atoms with van der Waals surface area (Å²) in [4.78, 5) is 10.7. The summed E-state index contributed by atoms with van der Waals surface area (Å²) < 4.78 is 6.60. The molecule has 18 heavy (non-hydrogen) atoms. The van der Waals surface area contributed by atoms with Crippen LogP contribution in [-0.4, -0.2) is 28.0 Å². The van der Waals surface area contributed by atoms with Crippen LogP contribution in [0.4, 0.5) is 0 Å². The predicted molar refractivity (Wildman–Crippen MR) is 66.3 cm³/mol. The molecule has 1 heterocycles. The number of nitrogens with zero attached hydrogens (tertiary/aromatic N) is 2. The van der Waals surface area contributed by atoms with Crippen molar-refractivity contribution in [2.24, 2.45) is 0 Å². The van der Waals surface area contributed by atoms with Gasteiger partial charge in [-0.05, 0) is 17.7 Å². The van der Waals surface area contributed by atoms with Crippen LogP contribution in [-0.2, 0) is 6.54 Å². The summed E-state index contributed by atoms with van der Waals surface area (Å²) in [6.45, 7) is 0.455. The summed E-state index contributed by atoms with van der Waals surface area (Å²) in [5, 5.41) is 13.3. The van der Waals surface area contributed by atoms with Crippen LogP contribution in [0.3, 0.4) is 0 Å². The molecule has 0 unspecified atom stereocenters. The summed E-state index contributed by atoms with van der Waals surface area (Å²) in [6.07, 6.45) is 2.79. The van der Waals surface area contributed by atoms with Crippen molar-refractivity contribution in [1.82, 2.24) is 9.78 Å². The van der Waals surface area contributed by atoms with Gasteiger partial charge >= 0.3 is 5.97 Å². The maximum Gasteiger partial charge on any atom is 0.338 e. The van der Waals surface area contributed by atoms with Crippen LogP contribution < -0.4 is 4.74 Å². The van der Waals surface area contributed by atoms with Crippen LogP contribution in [0.15, 0.2) is 30.6 Å². The number of halogens is 1. The minimum absolute atomic E-state index is 0.162. The van der Waals surface area contributed by atoms with Crippen LogP contribution in [0, 0.1) is 0 Å². The van der Waals surface area contributed by atoms with Gasteiger partial charge in [0.05, 0.1) is 30.4 Å². The Morgan fingerprint density at radius 1 is 1.56 bits per heavy atom. The van der Waals surface area contributed by atoms with Crippen molar-refractivity contribution < 1.29 is 14.6 Å². The van der Waals surface area contributed by atoms with Gasteiger partial charge in [-0.15, -0.1) is 0 Å². The van der Waals surface area contributed by atoms with Gasteiger partial charge in [0.2, 0.25) is 0 Å². The Morgan fingerprint density at radius 2 is 2.33 bits per heavy atom. The van der Waals surface area contributed by atoms with E-state index in [2.05, 4.69) is 5.10 Å². The van der Waals surface area contributed by atoms with E-state index in [0.717, 1.165) is 5.56 Å². The number of rotatable bonds is 4. The highest BCUT2D eigenvalue weighted by atomic mass is 35.5. The van der Waals surface area contributed by atoms with Crippen molar-refractivity contribution in [3.8, 4) is 5.75 Å². The minimum Gasteiger partial charge on any atom is -0.495 e. The van der Waals surface area contributed by atoms with Gasteiger partial charge in [-0.25, -0.2) is 4.79 Å². The number of carboxylic acid groups (broad SMARTS) is 1. The lowest BCUT2D eigenvalue weighted by Gasteiger charge is -2.06. The van der Waals surface area contributed by atoms with Crippen molar-refractivity contribution in [2.75, 3.05) is 7.11 Å². The van der Waals surface area contributed by atoms with Crippen molar-refractivity contribution in [2.45, 2.75) is 6.54 Å². The Kier molecular flexibility index (Phi) is 3.53. The van der Waals surface area contributed by atoms with Crippen LogP contribution in [0.5, 0.6) is 5.75 Å². The molecule has 0 atom stereocenters. The molecule has 0 aliphatic carbocycles. The smallest absolute Gasteiger partial charge is 0.338 e. The lowest BCUT2D eigenvalue weighted by Crippen LogP contribution is -2.00. The highest BCUT2D eigenvalue weighted by molar-refractivity contribution is 6.32. The molecule has 6 heteroatoms. The molecule has 0 radical (unpaired) electrons. The second-order valence-corrected chi connectivity index (χ2v) is 4.11. The Hall–Kier alpha value is -2.01. The van der Waals surface area contributed by atoms with Crippen LogP contribution in [0.1, 0.15) is 15.9 Å². The fourth-order valence-corrected chi connectivity index (χ4v) is 1.84. The van der Waals surface area contributed by atoms with Gasteiger partial charge in [0.25, 0.3) is 0 Å². The standard InChI is InChI=1S/C12H11ClN2O3/c1-18-11-3-2-8(4-10(11)13)6-15-7-9(5-14-15)12(16)17/h2-5,7H,6H2,1H3,(H,16,17). The molecule has 0 aliphatic rings. The van der Waals surface area contributed by atoms with Crippen molar-refractivity contribution in [1.29, 1.82) is 0 Å². The van der Waals surface area contributed by atoms with Crippen molar-refractivity contribution >= 4 is 17.6 Å². The van der Waals surface area contributed by atoms with Crippen molar-refractivity contribution in [3.05, 3.63) is 46.7 Å². The molecule has 2 aromatic rings. The molecule has 0 amide bonds. The third kappa shape index (κ3) is 2.62. The first-order valence-corrected chi connectivity index (χ1v) is 5.56. The van der Waals surface area contributed by atoms with E-state index < -0.39 is 5.97 Å². The topological polar surface area (TPSA) is 64.3 Å². The largest absolute Gasteiger partial charge is 0.495 e. The van der Waals surface area contributed by atoms with Gasteiger partial charge in [0, 0.05) is 6.20 Å². The lowest BCUT2D eigenvalue weighted by molar-refractivity contribution is 0.0697. The number of carbonyl (C=O) groups is 1. The van der Waals surface area contributed by atoms with Gasteiger partial charge in [-0.3, -0.25) is 4.68 Å². The van der Waals surface area contributed by atoms with Gasteiger partial charge < -0.3 is 9.84 Å². The normalized spacial score (nSPS) is 10.3. The number of aromatic carboxylic acids is 1. The first kappa shape index (κ1) is 12.4. The monoisotopic (exact) mass is 266 g/mol. The van der Waals surface area contributed by atoms with E-state index in [1.807, 2.05) is 6.07 Å². The molecule has 0 saturated heterocycles. The number of hydrogen-bond acceptors (Lipinski definition) is 3. The van der Waals surface area contributed by atoms with E-state index in [0.29, 0.717) is 17.3 Å². The number of carboxylic acids is 1. The van der Waals surface area contributed by atoms with Crippen LogP contribution in [0.25, 0.3) is 0 Å². The zero-order valence-corrected chi connectivity index (χ0v) is 10.4. The average Bonchev–Trinajstić information content (AvgIpc) is 2.78. The fourth-order valence-electron chi connectivity index (χ4n) is 1.56. The van der Waals surface area contributed by atoms with E-state index in [1.54, 1.807) is 23.9 Å². The molecular formula is C12H11ClN2O3. The Balaban J connectivity index is 2.18. The lowest BCUT2D eigenvalue weighted by atomic mass is 10.2.